The summed E-state index contributed by atoms with van der Waals surface area (Å²) < 4.78 is 11.8. The van der Waals surface area contributed by atoms with Gasteiger partial charge in [0.05, 0.1) is 25.5 Å². The van der Waals surface area contributed by atoms with Gasteiger partial charge in [-0.15, -0.1) is 0 Å². The number of phenols is 2. The molecule has 0 saturated carbocycles. The maximum atomic E-state index is 12.4. The highest BCUT2D eigenvalue weighted by Crippen LogP contribution is 2.56. The predicted molar refractivity (Wildman–Crippen MR) is 209 cm³/mol. The van der Waals surface area contributed by atoms with Crippen molar-refractivity contribution >= 4 is 40.6 Å². The van der Waals surface area contributed by atoms with Gasteiger partial charge in [0.2, 0.25) is 0 Å². The fourth-order valence-corrected chi connectivity index (χ4v) is 10.5. The van der Waals surface area contributed by atoms with Crippen molar-refractivity contribution in [3.05, 3.63) is 130 Å². The first-order valence-electron chi connectivity index (χ1n) is 16.7. The van der Waals surface area contributed by atoms with E-state index in [1.807, 2.05) is 91.1 Å². The average molecular weight is 673 g/mol. The summed E-state index contributed by atoms with van der Waals surface area (Å²) in [6.45, 7) is 18.8. The molecule has 49 heavy (non-hydrogen) atoms. The van der Waals surface area contributed by atoms with E-state index in [0.29, 0.717) is 22.0 Å². The van der Waals surface area contributed by atoms with E-state index >= 15 is 0 Å². The van der Waals surface area contributed by atoms with E-state index in [1.165, 1.54) is 5.56 Å². The molecule has 0 heterocycles. The van der Waals surface area contributed by atoms with Gasteiger partial charge in [0.15, 0.2) is 0 Å². The lowest BCUT2D eigenvalue weighted by molar-refractivity contribution is 0.418. The van der Waals surface area contributed by atoms with Gasteiger partial charge in [-0.2, -0.15) is 0 Å². The summed E-state index contributed by atoms with van der Waals surface area (Å²) in [6, 6.07) is 31.9. The molecule has 5 nitrogen and oxygen atoms in total. The van der Waals surface area contributed by atoms with Gasteiger partial charge in [-0.25, -0.2) is 0 Å². The summed E-state index contributed by atoms with van der Waals surface area (Å²) in [7, 11) is -1.66. The Labute approximate surface area is 292 Å². The Balaban J connectivity index is 2.00. The van der Waals surface area contributed by atoms with Crippen LogP contribution in [0.1, 0.15) is 74.9 Å². The van der Waals surface area contributed by atoms with Gasteiger partial charge in [0.1, 0.15) is 17.2 Å². The Kier molecular flexibility index (Phi) is 10.00. The van der Waals surface area contributed by atoms with Crippen LogP contribution in [0.15, 0.2) is 107 Å². The molecule has 5 aromatic carbocycles. The SMILES string of the molecule is COc1ccccc1P(=Nc1ccccc1C=Nc1c(C)cc(C)cc1C)(c1cccc(C(C)(C)C)c1O)c1cccc(C(C)(C)C)c1O. The molecule has 0 aliphatic rings. The topological polar surface area (TPSA) is 74.4 Å². The molecule has 0 saturated heterocycles. The fraction of sp³-hybridized carbons (Fsp3) is 0.279. The smallest absolute Gasteiger partial charge is 0.129 e. The number of benzene rings is 5. The quantitative estimate of drug-likeness (QED) is 0.134. The zero-order valence-electron chi connectivity index (χ0n) is 30.5. The van der Waals surface area contributed by atoms with E-state index in [-0.39, 0.29) is 22.3 Å². The number of ether oxygens (including phenoxy) is 1. The number of rotatable bonds is 7. The third-order valence-electron chi connectivity index (χ3n) is 8.94. The van der Waals surface area contributed by atoms with Crippen LogP contribution < -0.4 is 20.7 Å². The van der Waals surface area contributed by atoms with Crippen molar-refractivity contribution in [1.29, 1.82) is 0 Å². The van der Waals surface area contributed by atoms with Crippen molar-refractivity contribution < 1.29 is 14.9 Å². The van der Waals surface area contributed by atoms with E-state index in [0.717, 1.165) is 38.8 Å². The van der Waals surface area contributed by atoms with Crippen LogP contribution in [0.25, 0.3) is 0 Å². The lowest BCUT2D eigenvalue weighted by Gasteiger charge is -2.33. The molecule has 0 spiro atoms. The summed E-state index contributed by atoms with van der Waals surface area (Å²) in [6.07, 6.45) is 1.87. The van der Waals surface area contributed by atoms with Crippen LogP contribution in [-0.2, 0) is 10.8 Å². The lowest BCUT2D eigenvalue weighted by Crippen LogP contribution is -2.29. The van der Waals surface area contributed by atoms with Gasteiger partial charge in [0.25, 0.3) is 0 Å². The number of hydrogen-bond donors (Lipinski definition) is 2. The maximum Gasteiger partial charge on any atom is 0.129 e. The van der Waals surface area contributed by atoms with Crippen LogP contribution >= 0.6 is 7.05 Å². The monoisotopic (exact) mass is 672 g/mol. The Bertz CT molecular complexity index is 2010. The second-order valence-corrected chi connectivity index (χ2v) is 17.7. The molecule has 5 aromatic rings. The molecule has 0 unspecified atom stereocenters. The molecule has 0 aromatic heterocycles. The molecule has 0 fully saturated rings. The van der Waals surface area contributed by atoms with Gasteiger partial charge >= 0.3 is 0 Å². The van der Waals surface area contributed by atoms with Crippen molar-refractivity contribution in [2.24, 2.45) is 9.74 Å². The molecule has 0 atom stereocenters. The van der Waals surface area contributed by atoms with E-state index in [2.05, 4.69) is 74.4 Å². The minimum absolute atomic E-state index is 0.163. The largest absolute Gasteiger partial charge is 0.507 e. The normalized spacial score (nSPS) is 12.4. The molecule has 0 bridgehead atoms. The molecule has 0 aliphatic carbocycles. The standard InChI is InChI=1S/C43H49N2O3P/c1-28-25-29(2)39(30(3)26-28)44-27-31-17-11-12-20-34(31)45-49(36-22-14-13-21-35(36)48-10,37-23-15-18-32(40(37)46)42(4,5)6)38-24-16-19-33(41(38)47)43(7,8)9/h11-27,46-47H,1-10H3. The summed E-state index contributed by atoms with van der Waals surface area (Å²) >= 11 is 0. The van der Waals surface area contributed by atoms with Crippen LogP contribution in [0.5, 0.6) is 17.2 Å². The highest BCUT2D eigenvalue weighted by Gasteiger charge is 2.38. The molecular formula is C43H49N2O3P. The molecular weight excluding hydrogens is 623 g/mol. The van der Waals surface area contributed by atoms with Crippen molar-refractivity contribution in [1.82, 2.24) is 0 Å². The van der Waals surface area contributed by atoms with Gasteiger partial charge in [-0.05, 0) is 84.2 Å². The van der Waals surface area contributed by atoms with Crippen molar-refractivity contribution in [2.45, 2.75) is 73.1 Å². The van der Waals surface area contributed by atoms with E-state index < -0.39 is 7.05 Å². The average Bonchev–Trinajstić information content (AvgIpc) is 3.03. The number of methoxy groups -OCH3 is 1. The Morgan fingerprint density at radius 2 is 1.12 bits per heavy atom. The molecule has 0 radical (unpaired) electrons. The summed E-state index contributed by atoms with van der Waals surface area (Å²) in [5, 5.41) is 26.8. The highest BCUT2D eigenvalue weighted by atomic mass is 31.2. The number of aliphatic imine (C=N–C) groups is 1. The molecule has 254 valence electrons. The number of phenolic OH excluding ortho intramolecular Hbond substituents is 2. The molecule has 2 N–H and O–H groups in total. The van der Waals surface area contributed by atoms with Crippen LogP contribution in [0.4, 0.5) is 11.4 Å². The first kappa shape index (κ1) is 35.7. The number of para-hydroxylation sites is 3. The second kappa shape index (κ2) is 13.7. The predicted octanol–water partition coefficient (Wildman–Crippen LogP) is 10.2. The molecule has 0 aliphatic heterocycles. The van der Waals surface area contributed by atoms with E-state index in [4.69, 9.17) is 14.5 Å². The van der Waals surface area contributed by atoms with Crippen LogP contribution in [0, 0.1) is 20.8 Å². The minimum atomic E-state index is -3.31. The zero-order chi connectivity index (χ0) is 35.7. The summed E-state index contributed by atoms with van der Waals surface area (Å²) in [4.78, 5) is 4.99. The number of aromatic hydroxyl groups is 2. The number of aryl methyl sites for hydroxylation is 3. The highest BCUT2D eigenvalue weighted by molar-refractivity contribution is 7.88. The van der Waals surface area contributed by atoms with Crippen LogP contribution in [0.3, 0.4) is 0 Å². The first-order valence-corrected chi connectivity index (χ1v) is 18.5. The zero-order valence-corrected chi connectivity index (χ0v) is 31.4. The van der Waals surface area contributed by atoms with Crippen LogP contribution in [-0.4, -0.2) is 23.5 Å². The summed E-state index contributed by atoms with van der Waals surface area (Å²) in [5.41, 5.74) is 6.71. The Morgan fingerprint density at radius 3 is 1.65 bits per heavy atom. The molecule has 0 amide bonds. The minimum Gasteiger partial charge on any atom is -0.507 e. The Morgan fingerprint density at radius 1 is 0.633 bits per heavy atom. The van der Waals surface area contributed by atoms with Crippen molar-refractivity contribution in [3.63, 3.8) is 0 Å². The van der Waals surface area contributed by atoms with E-state index in [1.54, 1.807) is 7.11 Å². The van der Waals surface area contributed by atoms with Gasteiger partial charge < -0.3 is 14.9 Å². The first-order chi connectivity index (χ1) is 23.1. The van der Waals surface area contributed by atoms with Crippen molar-refractivity contribution in [3.8, 4) is 17.2 Å². The lowest BCUT2D eigenvalue weighted by atomic mass is 9.86. The Hall–Kier alpha value is -4.60. The number of hydrogen-bond acceptors (Lipinski definition) is 5. The van der Waals surface area contributed by atoms with Crippen molar-refractivity contribution in [2.75, 3.05) is 7.11 Å². The third-order valence-corrected chi connectivity index (χ3v) is 12.6. The fourth-order valence-electron chi connectivity index (χ4n) is 6.60. The summed E-state index contributed by atoms with van der Waals surface area (Å²) in [5.74, 6) is 0.948. The molecule has 6 heteroatoms. The second-order valence-electron chi connectivity index (χ2n) is 14.8. The van der Waals surface area contributed by atoms with Gasteiger partial charge in [-0.1, -0.05) is 114 Å². The van der Waals surface area contributed by atoms with Gasteiger partial charge in [0, 0.05) is 27.7 Å². The number of nitrogens with zero attached hydrogens (tertiary/aromatic N) is 2. The maximum absolute atomic E-state index is 12.4. The van der Waals surface area contributed by atoms with Gasteiger partial charge in [-0.3, -0.25) is 9.74 Å². The van der Waals surface area contributed by atoms with E-state index in [9.17, 15) is 10.2 Å². The third kappa shape index (κ3) is 6.96. The van der Waals surface area contributed by atoms with Crippen LogP contribution in [0.2, 0.25) is 0 Å². The molecule has 5 rings (SSSR count).